The largest absolute Gasteiger partial charge is 0.465 e. The Morgan fingerprint density at radius 3 is 2.62 bits per heavy atom. The third-order valence-corrected chi connectivity index (χ3v) is 5.13. The zero-order valence-corrected chi connectivity index (χ0v) is 14.9. The first-order valence-corrected chi connectivity index (χ1v) is 9.11. The summed E-state index contributed by atoms with van der Waals surface area (Å²) in [6.45, 7) is 0. The fourth-order valence-electron chi connectivity index (χ4n) is 2.31. The van der Waals surface area contributed by atoms with Crippen LogP contribution in [0.3, 0.4) is 0 Å². The molecule has 0 atom stereocenters. The van der Waals surface area contributed by atoms with Crippen LogP contribution in [0, 0.1) is 0 Å². The van der Waals surface area contributed by atoms with Crippen LogP contribution in [0.5, 0.6) is 0 Å². The average molecular weight is 394 g/mol. The number of anilines is 1. The van der Waals surface area contributed by atoms with Gasteiger partial charge in [-0.1, -0.05) is 11.6 Å². The van der Waals surface area contributed by atoms with Crippen LogP contribution in [0.1, 0.15) is 10.4 Å². The smallest absolute Gasteiger partial charge is 0.339 e. The minimum atomic E-state index is -4.03. The van der Waals surface area contributed by atoms with Crippen molar-refractivity contribution in [2.45, 2.75) is 4.90 Å². The maximum absolute atomic E-state index is 12.7. The van der Waals surface area contributed by atoms with Gasteiger partial charge in [0, 0.05) is 16.5 Å². The van der Waals surface area contributed by atoms with Gasteiger partial charge in [0.25, 0.3) is 10.0 Å². The van der Waals surface area contributed by atoms with E-state index in [1.165, 1.54) is 55.6 Å². The molecule has 3 rings (SSSR count). The first-order valence-electron chi connectivity index (χ1n) is 7.25. The van der Waals surface area contributed by atoms with Crippen LogP contribution in [0.15, 0.2) is 62.6 Å². The number of methoxy groups -OCH3 is 1. The summed E-state index contributed by atoms with van der Waals surface area (Å²) in [5.41, 5.74) is -0.265. The molecule has 3 aromatic rings. The lowest BCUT2D eigenvalue weighted by molar-refractivity contribution is 0.0602. The summed E-state index contributed by atoms with van der Waals surface area (Å²) < 4.78 is 37.3. The summed E-state index contributed by atoms with van der Waals surface area (Å²) >= 11 is 5.90. The predicted octanol–water partition coefficient (Wildman–Crippen LogP) is 3.03. The van der Waals surface area contributed by atoms with E-state index in [2.05, 4.69) is 9.46 Å². The number of carbonyl (C=O) groups is 1. The van der Waals surface area contributed by atoms with E-state index in [0.717, 1.165) is 0 Å². The van der Waals surface area contributed by atoms with Crippen LogP contribution < -0.4 is 10.3 Å². The number of fused-ring (bicyclic) bond motifs is 1. The van der Waals surface area contributed by atoms with Gasteiger partial charge in [-0.05, 0) is 42.5 Å². The SMILES string of the molecule is COC(=O)c1ccc(Cl)cc1NS(=O)(=O)c1ccc2oc(=O)ccc2c1. The number of halogens is 1. The van der Waals surface area contributed by atoms with Crippen molar-refractivity contribution in [2.24, 2.45) is 0 Å². The topological polar surface area (TPSA) is 103 Å². The van der Waals surface area contributed by atoms with Crippen LogP contribution in [-0.4, -0.2) is 21.5 Å². The lowest BCUT2D eigenvalue weighted by atomic mass is 10.2. The summed E-state index contributed by atoms with van der Waals surface area (Å²) in [4.78, 5) is 23.0. The summed E-state index contributed by atoms with van der Waals surface area (Å²) in [5.74, 6) is -0.709. The van der Waals surface area contributed by atoms with E-state index in [1.54, 1.807) is 0 Å². The highest BCUT2D eigenvalue weighted by Crippen LogP contribution is 2.26. The molecule has 1 heterocycles. The van der Waals surface area contributed by atoms with Crippen molar-refractivity contribution in [1.29, 1.82) is 0 Å². The zero-order valence-electron chi connectivity index (χ0n) is 13.4. The van der Waals surface area contributed by atoms with E-state index in [0.29, 0.717) is 5.39 Å². The first-order chi connectivity index (χ1) is 12.3. The minimum absolute atomic E-state index is 0.0101. The molecule has 7 nitrogen and oxygen atoms in total. The van der Waals surface area contributed by atoms with Gasteiger partial charge in [0.2, 0.25) is 0 Å². The van der Waals surface area contributed by atoms with Crippen LogP contribution in [0.4, 0.5) is 5.69 Å². The number of benzene rings is 2. The van der Waals surface area contributed by atoms with E-state index < -0.39 is 21.6 Å². The molecule has 0 saturated carbocycles. The Morgan fingerprint density at radius 1 is 1.12 bits per heavy atom. The van der Waals surface area contributed by atoms with E-state index in [9.17, 15) is 18.0 Å². The molecule has 0 aliphatic carbocycles. The molecule has 134 valence electrons. The van der Waals surface area contributed by atoms with Gasteiger partial charge in [0.15, 0.2) is 0 Å². The Morgan fingerprint density at radius 2 is 1.88 bits per heavy atom. The number of hydrogen-bond acceptors (Lipinski definition) is 6. The number of ether oxygens (including phenoxy) is 1. The van der Waals surface area contributed by atoms with Gasteiger partial charge in [-0.3, -0.25) is 4.72 Å². The van der Waals surface area contributed by atoms with Crippen molar-refractivity contribution in [2.75, 3.05) is 11.8 Å². The van der Waals surface area contributed by atoms with E-state index in [4.69, 9.17) is 16.0 Å². The average Bonchev–Trinajstić information content (AvgIpc) is 2.60. The molecule has 1 aromatic heterocycles. The number of sulfonamides is 1. The number of esters is 1. The van der Waals surface area contributed by atoms with Crippen molar-refractivity contribution in [3.8, 4) is 0 Å². The molecule has 0 aliphatic rings. The van der Waals surface area contributed by atoms with E-state index in [1.807, 2.05) is 0 Å². The van der Waals surface area contributed by atoms with Crippen LogP contribution in [0.2, 0.25) is 5.02 Å². The summed E-state index contributed by atoms with van der Waals surface area (Å²) in [5, 5.41) is 0.683. The third-order valence-electron chi connectivity index (χ3n) is 3.53. The molecule has 2 aromatic carbocycles. The Labute approximate surface area is 153 Å². The van der Waals surface area contributed by atoms with Crippen molar-refractivity contribution >= 4 is 44.3 Å². The molecule has 0 saturated heterocycles. The molecule has 0 amide bonds. The highest BCUT2D eigenvalue weighted by molar-refractivity contribution is 7.92. The summed E-state index contributed by atoms with van der Waals surface area (Å²) in [6.07, 6.45) is 0. The van der Waals surface area contributed by atoms with Gasteiger partial charge in [0.05, 0.1) is 23.3 Å². The lowest BCUT2D eigenvalue weighted by Crippen LogP contribution is -2.16. The van der Waals surface area contributed by atoms with Gasteiger partial charge in [-0.25, -0.2) is 18.0 Å². The monoisotopic (exact) mass is 393 g/mol. The van der Waals surface area contributed by atoms with Crippen molar-refractivity contribution < 1.29 is 22.4 Å². The first kappa shape index (κ1) is 18.0. The highest BCUT2D eigenvalue weighted by atomic mass is 35.5. The third kappa shape index (κ3) is 3.56. The van der Waals surface area contributed by atoms with Gasteiger partial charge >= 0.3 is 11.6 Å². The summed E-state index contributed by atoms with van der Waals surface area (Å²) in [6, 6.07) is 10.8. The Hall–Kier alpha value is -2.84. The quantitative estimate of drug-likeness (QED) is 0.540. The van der Waals surface area contributed by atoms with E-state index in [-0.39, 0.29) is 26.8 Å². The second kappa shape index (κ2) is 6.81. The molecule has 0 bridgehead atoms. The second-order valence-corrected chi connectivity index (χ2v) is 7.36. The number of carbonyl (C=O) groups excluding carboxylic acids is 1. The van der Waals surface area contributed by atoms with Gasteiger partial charge in [0.1, 0.15) is 5.58 Å². The molecular formula is C17H12ClNO6S. The molecular weight excluding hydrogens is 382 g/mol. The number of rotatable bonds is 4. The van der Waals surface area contributed by atoms with Crippen molar-refractivity contribution in [1.82, 2.24) is 0 Å². The standard InChI is InChI=1S/C17H12ClNO6S/c1-24-17(21)13-5-3-11(18)9-14(13)19-26(22,23)12-4-6-15-10(8-12)2-7-16(20)25-15/h2-9,19H,1H3. The Kier molecular flexibility index (Phi) is 4.71. The maximum Gasteiger partial charge on any atom is 0.339 e. The Bertz CT molecular complexity index is 1170. The number of nitrogens with one attached hydrogen (secondary N) is 1. The number of hydrogen-bond donors (Lipinski definition) is 1. The van der Waals surface area contributed by atoms with Crippen molar-refractivity contribution in [3.63, 3.8) is 0 Å². The van der Waals surface area contributed by atoms with Crippen LogP contribution in [-0.2, 0) is 14.8 Å². The van der Waals surface area contributed by atoms with Crippen LogP contribution in [0.25, 0.3) is 11.0 Å². The minimum Gasteiger partial charge on any atom is -0.465 e. The summed E-state index contributed by atoms with van der Waals surface area (Å²) in [7, 11) is -2.85. The fraction of sp³-hybridized carbons (Fsp3) is 0.0588. The molecule has 0 unspecified atom stereocenters. The van der Waals surface area contributed by atoms with Gasteiger partial charge in [-0.2, -0.15) is 0 Å². The van der Waals surface area contributed by atoms with Gasteiger partial charge < -0.3 is 9.15 Å². The molecule has 0 fully saturated rings. The molecule has 9 heteroatoms. The molecule has 0 radical (unpaired) electrons. The molecule has 0 spiro atoms. The molecule has 0 aliphatic heterocycles. The molecule has 1 N–H and O–H groups in total. The van der Waals surface area contributed by atoms with E-state index >= 15 is 0 Å². The Balaban J connectivity index is 2.04. The van der Waals surface area contributed by atoms with Crippen LogP contribution >= 0.6 is 11.6 Å². The lowest BCUT2D eigenvalue weighted by Gasteiger charge is -2.12. The predicted molar refractivity (Wildman–Crippen MR) is 96.1 cm³/mol. The second-order valence-electron chi connectivity index (χ2n) is 5.24. The maximum atomic E-state index is 12.7. The highest BCUT2D eigenvalue weighted by Gasteiger charge is 2.20. The normalized spacial score (nSPS) is 11.3. The van der Waals surface area contributed by atoms with Gasteiger partial charge in [-0.15, -0.1) is 0 Å². The fourth-order valence-corrected chi connectivity index (χ4v) is 3.59. The molecule has 26 heavy (non-hydrogen) atoms. The van der Waals surface area contributed by atoms with Crippen molar-refractivity contribution in [3.05, 3.63) is 69.5 Å². The zero-order chi connectivity index (χ0) is 18.9.